The Balaban J connectivity index is 2.97. The highest BCUT2D eigenvalue weighted by Crippen LogP contribution is 2.28. The summed E-state index contributed by atoms with van der Waals surface area (Å²) in [5.41, 5.74) is 0.109. The average Bonchev–Trinajstić information content (AvgIpc) is 2.43. The molecular formula is C9H9NO3S. The molecule has 0 fully saturated rings. The summed E-state index contributed by atoms with van der Waals surface area (Å²) in [5, 5.41) is 10.5. The van der Waals surface area contributed by atoms with Gasteiger partial charge < -0.3 is 0 Å². The van der Waals surface area contributed by atoms with Crippen LogP contribution in [0.1, 0.15) is 16.7 Å². The molecule has 74 valence electrons. The minimum absolute atomic E-state index is 0.0706. The summed E-state index contributed by atoms with van der Waals surface area (Å²) in [7, 11) is 0. The third-order valence-corrected chi connectivity index (χ3v) is 2.59. The maximum Gasteiger partial charge on any atom is 0.283 e. The average molecular weight is 211 g/mol. The molecule has 5 heteroatoms. The molecule has 0 aliphatic heterocycles. The molecule has 0 saturated carbocycles. The van der Waals surface area contributed by atoms with Gasteiger partial charge in [-0.2, -0.15) is 0 Å². The van der Waals surface area contributed by atoms with Gasteiger partial charge in [0.2, 0.25) is 0 Å². The first-order valence-corrected chi connectivity index (χ1v) is 4.76. The summed E-state index contributed by atoms with van der Waals surface area (Å²) < 4.78 is 0. The van der Waals surface area contributed by atoms with E-state index < -0.39 is 4.92 Å². The smallest absolute Gasteiger partial charge is 0.283 e. The predicted octanol–water partition coefficient (Wildman–Crippen LogP) is 2.57. The maximum absolute atomic E-state index is 10.6. The molecule has 1 aromatic rings. The van der Waals surface area contributed by atoms with Crippen molar-refractivity contribution in [1.82, 2.24) is 0 Å². The van der Waals surface area contributed by atoms with Crippen LogP contribution in [0, 0.1) is 17.0 Å². The van der Waals surface area contributed by atoms with Crippen LogP contribution in [-0.4, -0.2) is 10.7 Å². The van der Waals surface area contributed by atoms with Gasteiger partial charge in [-0.25, -0.2) is 0 Å². The molecule has 0 unspecified atom stereocenters. The van der Waals surface area contributed by atoms with Crippen molar-refractivity contribution in [3.8, 4) is 0 Å². The van der Waals surface area contributed by atoms with Gasteiger partial charge >= 0.3 is 0 Å². The van der Waals surface area contributed by atoms with E-state index in [1.807, 2.05) is 0 Å². The summed E-state index contributed by atoms with van der Waals surface area (Å²) in [5.74, 6) is -0.0706. The molecule has 0 bridgehead atoms. The van der Waals surface area contributed by atoms with Crippen molar-refractivity contribution in [2.75, 3.05) is 0 Å². The number of allylic oxidation sites excluding steroid dienone is 1. The molecule has 4 nitrogen and oxygen atoms in total. The number of hydrogen-bond acceptors (Lipinski definition) is 4. The second-order valence-corrected chi connectivity index (χ2v) is 4.08. The Morgan fingerprint density at radius 1 is 1.64 bits per heavy atom. The van der Waals surface area contributed by atoms with Gasteiger partial charge in [0.05, 0.1) is 9.80 Å². The monoisotopic (exact) mass is 211 g/mol. The van der Waals surface area contributed by atoms with Gasteiger partial charge in [0.15, 0.2) is 5.78 Å². The van der Waals surface area contributed by atoms with E-state index in [0.29, 0.717) is 4.88 Å². The predicted molar refractivity (Wildman–Crippen MR) is 55.4 cm³/mol. The largest absolute Gasteiger partial charge is 0.295 e. The molecule has 14 heavy (non-hydrogen) atoms. The molecule has 0 aromatic carbocycles. The molecule has 0 aliphatic rings. The number of nitro groups is 1. The SMILES string of the molecule is CC(=O)/C=C/c1cc([N+](=O)[O-])c(C)s1. The maximum atomic E-state index is 10.6. The van der Waals surface area contributed by atoms with Crippen LogP contribution in [0.4, 0.5) is 5.69 Å². The number of nitrogens with zero attached hydrogens (tertiary/aromatic N) is 1. The zero-order valence-corrected chi connectivity index (χ0v) is 8.63. The second kappa shape index (κ2) is 4.15. The van der Waals surface area contributed by atoms with Crippen molar-refractivity contribution < 1.29 is 9.72 Å². The number of hydrogen-bond donors (Lipinski definition) is 0. The van der Waals surface area contributed by atoms with Crippen LogP contribution in [0.25, 0.3) is 6.08 Å². The highest BCUT2D eigenvalue weighted by atomic mass is 32.1. The Kier molecular flexibility index (Phi) is 3.14. The highest BCUT2D eigenvalue weighted by molar-refractivity contribution is 7.13. The van der Waals surface area contributed by atoms with E-state index >= 15 is 0 Å². The standard InChI is InChI=1S/C9H9NO3S/c1-6(11)3-4-8-5-9(10(12)13)7(2)14-8/h3-5H,1-2H3/b4-3+. The molecule has 0 N–H and O–H groups in total. The Morgan fingerprint density at radius 3 is 2.71 bits per heavy atom. The van der Waals surface area contributed by atoms with Gasteiger partial charge in [-0.05, 0) is 26.0 Å². The molecule has 0 aliphatic carbocycles. The fraction of sp³-hybridized carbons (Fsp3) is 0.222. The quantitative estimate of drug-likeness (QED) is 0.438. The minimum Gasteiger partial charge on any atom is -0.295 e. The molecule has 0 atom stereocenters. The van der Waals surface area contributed by atoms with Crippen LogP contribution in [0.3, 0.4) is 0 Å². The van der Waals surface area contributed by atoms with E-state index in [9.17, 15) is 14.9 Å². The fourth-order valence-electron chi connectivity index (χ4n) is 0.958. The molecule has 1 heterocycles. The summed E-state index contributed by atoms with van der Waals surface area (Å²) in [6.07, 6.45) is 2.99. The van der Waals surface area contributed by atoms with Crippen molar-refractivity contribution in [3.63, 3.8) is 0 Å². The first kappa shape index (κ1) is 10.6. The van der Waals surface area contributed by atoms with Gasteiger partial charge in [-0.15, -0.1) is 11.3 Å². The van der Waals surface area contributed by atoms with Gasteiger partial charge in [0.25, 0.3) is 5.69 Å². The van der Waals surface area contributed by atoms with Gasteiger partial charge in [-0.1, -0.05) is 0 Å². The molecule has 1 aromatic heterocycles. The third kappa shape index (κ3) is 2.50. The molecule has 1 rings (SSSR count). The molecule has 0 spiro atoms. The van der Waals surface area contributed by atoms with Crippen LogP contribution in [0.5, 0.6) is 0 Å². The Morgan fingerprint density at radius 2 is 2.29 bits per heavy atom. The molecular weight excluding hydrogens is 202 g/mol. The van der Waals surface area contributed by atoms with Crippen LogP contribution in [-0.2, 0) is 4.79 Å². The number of ketones is 1. The lowest BCUT2D eigenvalue weighted by molar-refractivity contribution is -0.385. The van der Waals surface area contributed by atoms with E-state index in [1.54, 1.807) is 13.0 Å². The van der Waals surface area contributed by atoms with Crippen molar-refractivity contribution >= 4 is 28.9 Å². The van der Waals surface area contributed by atoms with E-state index in [0.717, 1.165) is 4.88 Å². The van der Waals surface area contributed by atoms with E-state index in [-0.39, 0.29) is 11.5 Å². The minimum atomic E-state index is -0.420. The van der Waals surface area contributed by atoms with E-state index in [4.69, 9.17) is 0 Å². The summed E-state index contributed by atoms with van der Waals surface area (Å²) in [6.45, 7) is 3.12. The fourth-order valence-corrected chi connectivity index (χ4v) is 1.86. The summed E-state index contributed by atoms with van der Waals surface area (Å²) >= 11 is 1.30. The van der Waals surface area contributed by atoms with Crippen molar-refractivity contribution in [1.29, 1.82) is 0 Å². The number of carbonyl (C=O) groups excluding carboxylic acids is 1. The number of aryl methyl sites for hydroxylation is 1. The molecule has 0 amide bonds. The zero-order valence-electron chi connectivity index (χ0n) is 7.81. The Labute approximate surface area is 85.0 Å². The van der Waals surface area contributed by atoms with Crippen molar-refractivity contribution in [2.24, 2.45) is 0 Å². The van der Waals surface area contributed by atoms with Crippen LogP contribution < -0.4 is 0 Å². The van der Waals surface area contributed by atoms with Gasteiger partial charge in [-0.3, -0.25) is 14.9 Å². The lowest BCUT2D eigenvalue weighted by Gasteiger charge is -1.83. The van der Waals surface area contributed by atoms with Gasteiger partial charge in [0.1, 0.15) is 0 Å². The normalized spacial score (nSPS) is 10.7. The summed E-state index contributed by atoms with van der Waals surface area (Å²) in [6, 6.07) is 1.47. The second-order valence-electron chi connectivity index (χ2n) is 2.79. The topological polar surface area (TPSA) is 60.2 Å². The van der Waals surface area contributed by atoms with E-state index in [1.165, 1.54) is 30.4 Å². The number of rotatable bonds is 3. The Hall–Kier alpha value is -1.49. The van der Waals surface area contributed by atoms with Crippen molar-refractivity contribution in [2.45, 2.75) is 13.8 Å². The molecule has 0 saturated heterocycles. The summed E-state index contributed by atoms with van der Waals surface area (Å²) in [4.78, 5) is 22.1. The first-order chi connectivity index (χ1) is 6.50. The van der Waals surface area contributed by atoms with Gasteiger partial charge in [0, 0.05) is 10.9 Å². The van der Waals surface area contributed by atoms with E-state index in [2.05, 4.69) is 0 Å². The lowest BCUT2D eigenvalue weighted by Crippen LogP contribution is -1.85. The lowest BCUT2D eigenvalue weighted by atomic mass is 10.3. The highest BCUT2D eigenvalue weighted by Gasteiger charge is 2.13. The third-order valence-electron chi connectivity index (χ3n) is 1.59. The number of thiophene rings is 1. The van der Waals surface area contributed by atoms with Crippen molar-refractivity contribution in [3.05, 3.63) is 32.0 Å². The zero-order chi connectivity index (χ0) is 10.7. The first-order valence-electron chi connectivity index (χ1n) is 3.94. The Bertz CT molecular complexity index is 406. The van der Waals surface area contributed by atoms with Crippen LogP contribution in [0.2, 0.25) is 0 Å². The van der Waals surface area contributed by atoms with Crippen LogP contribution >= 0.6 is 11.3 Å². The van der Waals surface area contributed by atoms with Crippen LogP contribution in [0.15, 0.2) is 12.1 Å². The molecule has 0 radical (unpaired) electrons. The number of carbonyl (C=O) groups is 1.